The Balaban J connectivity index is 1.60. The van der Waals surface area contributed by atoms with Gasteiger partial charge in [-0.1, -0.05) is 36.4 Å². The van der Waals surface area contributed by atoms with Gasteiger partial charge in [-0.25, -0.2) is 18.4 Å². The Bertz CT molecular complexity index is 1470. The zero-order valence-corrected chi connectivity index (χ0v) is 23.0. The van der Waals surface area contributed by atoms with Crippen LogP contribution in [-0.4, -0.2) is 57.1 Å². The highest BCUT2D eigenvalue weighted by Gasteiger charge is 2.41. The zero-order chi connectivity index (χ0) is 31.0. The molecular formula is C30H29F5N4O4. The summed E-state index contributed by atoms with van der Waals surface area (Å²) in [7, 11) is 0. The van der Waals surface area contributed by atoms with Crippen LogP contribution in [0, 0.1) is 11.6 Å². The summed E-state index contributed by atoms with van der Waals surface area (Å²) in [5.41, 5.74) is -1.34. The molecular weight excluding hydrogens is 575 g/mol. The molecule has 0 saturated heterocycles. The quantitative estimate of drug-likeness (QED) is 0.157. The van der Waals surface area contributed by atoms with Crippen molar-refractivity contribution in [3.8, 4) is 5.75 Å². The molecule has 1 heterocycles. The van der Waals surface area contributed by atoms with Gasteiger partial charge in [-0.05, 0) is 42.8 Å². The number of nitrogens with one attached hydrogen (secondary N) is 1. The first-order valence-electron chi connectivity index (χ1n) is 13.2. The van der Waals surface area contributed by atoms with Gasteiger partial charge in [0, 0.05) is 23.2 Å². The van der Waals surface area contributed by atoms with Gasteiger partial charge in [-0.15, -0.1) is 0 Å². The predicted molar refractivity (Wildman–Crippen MR) is 145 cm³/mol. The average Bonchev–Trinajstić information content (AvgIpc) is 3.48. The fourth-order valence-electron chi connectivity index (χ4n) is 4.45. The number of aliphatic hydroxyl groups is 1. The molecule has 43 heavy (non-hydrogen) atoms. The van der Waals surface area contributed by atoms with Gasteiger partial charge in [0.25, 0.3) is 0 Å². The van der Waals surface area contributed by atoms with Crippen molar-refractivity contribution in [3.63, 3.8) is 0 Å². The molecule has 4 aromatic rings. The molecule has 8 nitrogen and oxygen atoms in total. The number of benzene rings is 3. The van der Waals surface area contributed by atoms with Gasteiger partial charge >= 0.3 is 6.18 Å². The van der Waals surface area contributed by atoms with Crippen molar-refractivity contribution >= 4 is 5.78 Å². The van der Waals surface area contributed by atoms with E-state index in [1.165, 1.54) is 48.5 Å². The Kier molecular flexibility index (Phi) is 10.2. The first-order valence-corrected chi connectivity index (χ1v) is 13.2. The van der Waals surface area contributed by atoms with E-state index >= 15 is 4.39 Å². The molecule has 0 fully saturated rings. The maximum atomic E-state index is 15.0. The second-order valence-electron chi connectivity index (χ2n) is 9.88. The second kappa shape index (κ2) is 13.8. The van der Waals surface area contributed by atoms with E-state index in [4.69, 9.17) is 9.47 Å². The van der Waals surface area contributed by atoms with Crippen molar-refractivity contribution in [2.45, 2.75) is 43.9 Å². The zero-order valence-electron chi connectivity index (χ0n) is 23.0. The largest absolute Gasteiger partial charge is 0.484 e. The van der Waals surface area contributed by atoms with Gasteiger partial charge in [-0.2, -0.15) is 18.3 Å². The minimum absolute atomic E-state index is 0.0823. The first kappa shape index (κ1) is 31.7. The number of carbonyl (C=O) groups is 1. The van der Waals surface area contributed by atoms with Gasteiger partial charge in [0.15, 0.2) is 12.4 Å². The maximum absolute atomic E-state index is 15.0. The van der Waals surface area contributed by atoms with Crippen molar-refractivity contribution < 1.29 is 41.3 Å². The van der Waals surface area contributed by atoms with Crippen LogP contribution < -0.4 is 10.1 Å². The molecule has 0 bridgehead atoms. The lowest BCUT2D eigenvalue weighted by molar-refractivity contribution is -0.153. The molecule has 0 radical (unpaired) electrons. The molecule has 0 amide bonds. The lowest BCUT2D eigenvalue weighted by Crippen LogP contribution is -2.56. The van der Waals surface area contributed by atoms with E-state index in [0.717, 1.165) is 17.7 Å². The number of hydrogen-bond donors (Lipinski definition) is 2. The smallest absolute Gasteiger partial charge is 0.422 e. The monoisotopic (exact) mass is 604 g/mol. The summed E-state index contributed by atoms with van der Waals surface area (Å²) in [6.07, 6.45) is -1.98. The summed E-state index contributed by atoms with van der Waals surface area (Å²) >= 11 is 0. The third kappa shape index (κ3) is 8.66. The van der Waals surface area contributed by atoms with E-state index in [1.54, 1.807) is 0 Å². The lowest BCUT2D eigenvalue weighted by atomic mass is 9.85. The van der Waals surface area contributed by atoms with Crippen LogP contribution in [0.4, 0.5) is 22.0 Å². The molecule has 0 spiro atoms. The first-order chi connectivity index (χ1) is 20.4. The van der Waals surface area contributed by atoms with Gasteiger partial charge in [0.05, 0.1) is 25.8 Å². The highest BCUT2D eigenvalue weighted by Crippen LogP contribution is 2.31. The lowest BCUT2D eigenvalue weighted by Gasteiger charge is -2.37. The molecule has 0 unspecified atom stereocenters. The summed E-state index contributed by atoms with van der Waals surface area (Å²) < 4.78 is 78.1. The average molecular weight is 605 g/mol. The van der Waals surface area contributed by atoms with E-state index in [-0.39, 0.29) is 36.6 Å². The van der Waals surface area contributed by atoms with E-state index in [1.807, 2.05) is 30.3 Å². The Morgan fingerprint density at radius 1 is 1.05 bits per heavy atom. The SMILES string of the molecule is C[C@@H](N[C@H](COCc1ccccc1)C(=O)c1ccc(OCC(F)(F)F)cc1)[C@](O)(Cn1cncn1)c1ccc(F)cc1F. The number of nitrogens with zero attached hydrogens (tertiary/aromatic N) is 3. The number of aromatic nitrogens is 3. The normalized spacial score (nSPS) is 14.6. The summed E-state index contributed by atoms with van der Waals surface area (Å²) in [6, 6.07) is 14.8. The number of hydrogen-bond acceptors (Lipinski definition) is 7. The van der Waals surface area contributed by atoms with Crippen molar-refractivity contribution in [2.75, 3.05) is 13.2 Å². The molecule has 0 aliphatic heterocycles. The van der Waals surface area contributed by atoms with Crippen LogP contribution >= 0.6 is 0 Å². The fraction of sp³-hybridized carbons (Fsp3) is 0.300. The summed E-state index contributed by atoms with van der Waals surface area (Å²) in [5.74, 6) is -2.44. The van der Waals surface area contributed by atoms with E-state index in [9.17, 15) is 27.5 Å². The van der Waals surface area contributed by atoms with Crippen LogP contribution in [0.5, 0.6) is 5.75 Å². The van der Waals surface area contributed by atoms with Crippen molar-refractivity contribution in [1.29, 1.82) is 0 Å². The van der Waals surface area contributed by atoms with Crippen LogP contribution in [0.3, 0.4) is 0 Å². The van der Waals surface area contributed by atoms with Gasteiger partial charge < -0.3 is 14.6 Å². The molecule has 4 rings (SSSR count). The van der Waals surface area contributed by atoms with Crippen LogP contribution in [-0.2, 0) is 23.5 Å². The third-order valence-electron chi connectivity index (χ3n) is 6.69. The molecule has 13 heteroatoms. The molecule has 0 saturated carbocycles. The Morgan fingerprint density at radius 3 is 2.40 bits per heavy atom. The van der Waals surface area contributed by atoms with Crippen molar-refractivity contribution in [2.24, 2.45) is 0 Å². The maximum Gasteiger partial charge on any atom is 0.422 e. The molecule has 0 aliphatic carbocycles. The van der Waals surface area contributed by atoms with E-state index in [0.29, 0.717) is 6.07 Å². The minimum Gasteiger partial charge on any atom is -0.484 e. The summed E-state index contributed by atoms with van der Waals surface area (Å²) in [6.45, 7) is -0.304. The topological polar surface area (TPSA) is 98.5 Å². The summed E-state index contributed by atoms with van der Waals surface area (Å²) in [4.78, 5) is 17.5. The Morgan fingerprint density at radius 2 is 1.77 bits per heavy atom. The Hall–Kier alpha value is -4.20. The van der Waals surface area contributed by atoms with Crippen LogP contribution in [0.1, 0.15) is 28.4 Å². The fourth-order valence-corrected chi connectivity index (χ4v) is 4.45. The molecule has 1 aromatic heterocycles. The van der Waals surface area contributed by atoms with Crippen LogP contribution in [0.15, 0.2) is 85.5 Å². The highest BCUT2D eigenvalue weighted by atomic mass is 19.4. The number of Topliss-reactive ketones (excluding diaryl/α,β-unsaturated/α-hetero) is 1. The molecule has 3 atom stereocenters. The highest BCUT2D eigenvalue weighted by molar-refractivity contribution is 6.00. The van der Waals surface area contributed by atoms with E-state index in [2.05, 4.69) is 15.4 Å². The van der Waals surface area contributed by atoms with E-state index < -0.39 is 47.9 Å². The number of rotatable bonds is 14. The Labute approximate surface area is 244 Å². The number of ether oxygens (including phenoxy) is 2. The third-order valence-corrected chi connectivity index (χ3v) is 6.69. The van der Waals surface area contributed by atoms with Gasteiger partial charge in [0.1, 0.15) is 35.6 Å². The number of carbonyl (C=O) groups excluding carboxylic acids is 1. The second-order valence-corrected chi connectivity index (χ2v) is 9.88. The predicted octanol–water partition coefficient (Wildman–Crippen LogP) is 4.83. The van der Waals surface area contributed by atoms with Crippen molar-refractivity contribution in [1.82, 2.24) is 20.1 Å². The standard InChI is InChI=1S/C30H29F5N4O4/c1-20(29(41,16-39-19-36-18-37-39)25-12-9-23(31)13-26(25)32)38-27(15-42-14-21-5-3-2-4-6-21)28(40)22-7-10-24(11-8-22)43-17-30(33,34)35/h2-13,18-20,27,38,41H,14-17H2,1H3/t20-,27-,29-/m1/s1. The molecule has 228 valence electrons. The van der Waals surface area contributed by atoms with Crippen molar-refractivity contribution in [3.05, 3.63) is 114 Å². The van der Waals surface area contributed by atoms with Crippen LogP contribution in [0.25, 0.3) is 0 Å². The molecule has 0 aliphatic rings. The number of ketones is 1. The molecule has 3 aromatic carbocycles. The number of halogens is 5. The van der Waals surface area contributed by atoms with Crippen LogP contribution in [0.2, 0.25) is 0 Å². The minimum atomic E-state index is -4.53. The molecule has 2 N–H and O–H groups in total. The summed E-state index contributed by atoms with van der Waals surface area (Å²) in [5, 5.41) is 18.9. The van der Waals surface area contributed by atoms with Gasteiger partial charge in [0.2, 0.25) is 0 Å². The number of alkyl halides is 3. The van der Waals surface area contributed by atoms with Gasteiger partial charge in [-0.3, -0.25) is 10.1 Å².